The van der Waals surface area contributed by atoms with Crippen LogP contribution in [0.4, 0.5) is 0 Å². The van der Waals surface area contributed by atoms with Crippen molar-refractivity contribution in [2.24, 2.45) is 5.41 Å². The topological polar surface area (TPSA) is 18.5 Å². The molecule has 11 heavy (non-hydrogen) atoms. The van der Waals surface area contributed by atoms with E-state index >= 15 is 0 Å². The van der Waals surface area contributed by atoms with Crippen LogP contribution in [0.1, 0.15) is 12.8 Å². The Morgan fingerprint density at radius 2 is 2.09 bits per heavy atom. The fraction of sp³-hybridized carbons (Fsp3) is 1.00. The van der Waals surface area contributed by atoms with E-state index in [-0.39, 0.29) is 5.41 Å². The molecule has 0 radical (unpaired) electrons. The van der Waals surface area contributed by atoms with Gasteiger partial charge in [-0.1, -0.05) is 0 Å². The Hall–Kier alpha value is 0.210. The first kappa shape index (κ1) is 9.30. The fourth-order valence-electron chi connectivity index (χ4n) is 1.43. The van der Waals surface area contributed by atoms with Gasteiger partial charge in [0.2, 0.25) is 0 Å². The number of rotatable bonds is 3. The van der Waals surface area contributed by atoms with E-state index in [2.05, 4.69) is 0 Å². The van der Waals surface area contributed by atoms with Crippen LogP contribution in [-0.4, -0.2) is 32.8 Å². The zero-order valence-electron chi connectivity index (χ0n) is 6.94. The molecule has 0 aromatic carbocycles. The normalized spacial score (nSPS) is 23.5. The largest absolute Gasteiger partial charge is 0.384 e. The zero-order chi connectivity index (χ0) is 8.16. The Morgan fingerprint density at radius 1 is 1.45 bits per heavy atom. The Morgan fingerprint density at radius 3 is 2.55 bits per heavy atom. The minimum atomic E-state index is 0.189. The van der Waals surface area contributed by atoms with Gasteiger partial charge in [-0.05, 0) is 12.8 Å². The number of hydrogen-bond acceptors (Lipinski definition) is 2. The maximum absolute atomic E-state index is 5.88. The number of ether oxygens (including phenoxy) is 2. The summed E-state index contributed by atoms with van der Waals surface area (Å²) in [7, 11) is 1.73. The molecule has 0 amide bonds. The molecule has 0 saturated carbocycles. The molecule has 3 heteroatoms. The Kier molecular flexibility index (Phi) is 3.63. The second kappa shape index (κ2) is 4.29. The predicted molar refractivity (Wildman–Crippen MR) is 45.1 cm³/mol. The molecule has 1 rings (SSSR count). The smallest absolute Gasteiger partial charge is 0.0531 e. The average molecular weight is 179 g/mol. The molecule has 0 aromatic rings. The van der Waals surface area contributed by atoms with Crippen molar-refractivity contribution >= 4 is 11.6 Å². The fourth-order valence-corrected chi connectivity index (χ4v) is 1.77. The van der Waals surface area contributed by atoms with Crippen molar-refractivity contribution < 1.29 is 9.47 Å². The maximum atomic E-state index is 5.88. The van der Waals surface area contributed by atoms with Crippen LogP contribution in [0.15, 0.2) is 0 Å². The van der Waals surface area contributed by atoms with E-state index in [9.17, 15) is 0 Å². The third kappa shape index (κ3) is 2.32. The lowest BCUT2D eigenvalue weighted by Crippen LogP contribution is -2.35. The summed E-state index contributed by atoms with van der Waals surface area (Å²) in [5, 5.41) is 0. The van der Waals surface area contributed by atoms with Crippen molar-refractivity contribution in [3.05, 3.63) is 0 Å². The molecule has 2 nitrogen and oxygen atoms in total. The van der Waals surface area contributed by atoms with Gasteiger partial charge >= 0.3 is 0 Å². The van der Waals surface area contributed by atoms with Gasteiger partial charge in [0, 0.05) is 31.6 Å². The number of halogens is 1. The summed E-state index contributed by atoms with van der Waals surface area (Å²) < 4.78 is 10.4. The van der Waals surface area contributed by atoms with Crippen LogP contribution in [0.5, 0.6) is 0 Å². The first-order valence-corrected chi connectivity index (χ1v) is 4.49. The average Bonchev–Trinajstić information content (AvgIpc) is 2.07. The molecular formula is C8H15ClO2. The van der Waals surface area contributed by atoms with Crippen molar-refractivity contribution in [1.82, 2.24) is 0 Å². The molecule has 0 unspecified atom stereocenters. The molecule has 1 heterocycles. The third-order valence-electron chi connectivity index (χ3n) is 2.29. The van der Waals surface area contributed by atoms with Gasteiger partial charge in [-0.25, -0.2) is 0 Å². The monoisotopic (exact) mass is 178 g/mol. The van der Waals surface area contributed by atoms with Crippen molar-refractivity contribution in [3.8, 4) is 0 Å². The van der Waals surface area contributed by atoms with Gasteiger partial charge in [-0.2, -0.15) is 0 Å². The van der Waals surface area contributed by atoms with E-state index in [1.807, 2.05) is 0 Å². The minimum absolute atomic E-state index is 0.189. The van der Waals surface area contributed by atoms with Crippen molar-refractivity contribution in [2.75, 3.05) is 32.8 Å². The lowest BCUT2D eigenvalue weighted by atomic mass is 9.83. The maximum Gasteiger partial charge on any atom is 0.0531 e. The number of hydrogen-bond donors (Lipinski definition) is 0. The van der Waals surface area contributed by atoms with Crippen molar-refractivity contribution in [2.45, 2.75) is 12.8 Å². The highest BCUT2D eigenvalue weighted by Gasteiger charge is 2.31. The van der Waals surface area contributed by atoms with E-state index in [4.69, 9.17) is 21.1 Å². The van der Waals surface area contributed by atoms with Crippen LogP contribution in [0, 0.1) is 5.41 Å². The highest BCUT2D eigenvalue weighted by atomic mass is 35.5. The molecule has 1 aliphatic heterocycles. The molecule has 0 N–H and O–H groups in total. The van der Waals surface area contributed by atoms with Crippen molar-refractivity contribution in [1.29, 1.82) is 0 Å². The van der Waals surface area contributed by atoms with Crippen molar-refractivity contribution in [3.63, 3.8) is 0 Å². The lowest BCUT2D eigenvalue weighted by molar-refractivity contribution is -0.0154. The Labute approximate surface area is 72.8 Å². The van der Waals surface area contributed by atoms with Crippen LogP contribution >= 0.6 is 11.6 Å². The summed E-state index contributed by atoms with van der Waals surface area (Å²) in [4.78, 5) is 0. The van der Waals surface area contributed by atoms with E-state index < -0.39 is 0 Å². The SMILES string of the molecule is COCC1(CCl)CCOCC1. The predicted octanol–water partition coefficient (Wildman–Crippen LogP) is 1.67. The van der Waals surface area contributed by atoms with Crippen LogP contribution in [0.3, 0.4) is 0 Å². The van der Waals surface area contributed by atoms with E-state index in [0.29, 0.717) is 5.88 Å². The summed E-state index contributed by atoms with van der Waals surface area (Å²) in [6.07, 6.45) is 2.06. The summed E-state index contributed by atoms with van der Waals surface area (Å²) >= 11 is 5.88. The van der Waals surface area contributed by atoms with Gasteiger partial charge in [0.25, 0.3) is 0 Å². The van der Waals surface area contributed by atoms with E-state index in [1.54, 1.807) is 7.11 Å². The molecule has 0 aromatic heterocycles. The minimum Gasteiger partial charge on any atom is -0.384 e. The van der Waals surface area contributed by atoms with Gasteiger partial charge in [-0.15, -0.1) is 11.6 Å². The van der Waals surface area contributed by atoms with E-state index in [1.165, 1.54) is 0 Å². The molecular weight excluding hydrogens is 164 g/mol. The molecule has 1 saturated heterocycles. The second-order valence-electron chi connectivity index (χ2n) is 3.18. The van der Waals surface area contributed by atoms with Crippen LogP contribution in [0.2, 0.25) is 0 Å². The first-order chi connectivity index (χ1) is 5.33. The zero-order valence-corrected chi connectivity index (χ0v) is 7.69. The second-order valence-corrected chi connectivity index (χ2v) is 3.45. The Balaban J connectivity index is 2.42. The van der Waals surface area contributed by atoms with Gasteiger partial charge in [0.05, 0.1) is 6.61 Å². The summed E-state index contributed by atoms with van der Waals surface area (Å²) in [6, 6.07) is 0. The first-order valence-electron chi connectivity index (χ1n) is 3.96. The molecule has 0 aliphatic carbocycles. The number of alkyl halides is 1. The van der Waals surface area contributed by atoms with Crippen LogP contribution in [-0.2, 0) is 9.47 Å². The Bertz CT molecular complexity index is 105. The van der Waals surface area contributed by atoms with Gasteiger partial charge < -0.3 is 9.47 Å². The molecule has 66 valence electrons. The highest BCUT2D eigenvalue weighted by molar-refractivity contribution is 6.18. The summed E-state index contributed by atoms with van der Waals surface area (Å²) in [5.41, 5.74) is 0.189. The lowest BCUT2D eigenvalue weighted by Gasteiger charge is -2.34. The quantitative estimate of drug-likeness (QED) is 0.613. The standard InChI is InChI=1S/C8H15ClO2/c1-10-7-8(6-9)2-4-11-5-3-8/h2-7H2,1H3. The molecule has 0 bridgehead atoms. The molecule has 0 spiro atoms. The molecule has 1 fully saturated rings. The van der Waals surface area contributed by atoms with Crippen LogP contribution < -0.4 is 0 Å². The highest BCUT2D eigenvalue weighted by Crippen LogP contribution is 2.31. The molecule has 0 atom stereocenters. The molecule has 1 aliphatic rings. The third-order valence-corrected chi connectivity index (χ3v) is 2.85. The van der Waals surface area contributed by atoms with Gasteiger partial charge in [0.15, 0.2) is 0 Å². The van der Waals surface area contributed by atoms with E-state index in [0.717, 1.165) is 32.7 Å². The van der Waals surface area contributed by atoms with Gasteiger partial charge in [0.1, 0.15) is 0 Å². The van der Waals surface area contributed by atoms with Gasteiger partial charge in [-0.3, -0.25) is 0 Å². The summed E-state index contributed by atoms with van der Waals surface area (Å²) in [5.74, 6) is 0.685. The summed E-state index contributed by atoms with van der Waals surface area (Å²) in [6.45, 7) is 2.42. The number of methoxy groups -OCH3 is 1. The van der Waals surface area contributed by atoms with Crippen LogP contribution in [0.25, 0.3) is 0 Å².